The van der Waals surface area contributed by atoms with Gasteiger partial charge in [-0.1, -0.05) is 17.7 Å². The molecule has 3 rings (SSSR count). The Morgan fingerprint density at radius 2 is 1.88 bits per heavy atom. The van der Waals surface area contributed by atoms with Crippen molar-refractivity contribution in [2.45, 2.75) is 6.92 Å². The van der Waals surface area contributed by atoms with Crippen molar-refractivity contribution >= 4 is 11.6 Å². The molecule has 0 aliphatic heterocycles. The number of aromatic nitrogens is 2. The summed E-state index contributed by atoms with van der Waals surface area (Å²) >= 11 is 0. The van der Waals surface area contributed by atoms with Crippen molar-refractivity contribution in [2.75, 3.05) is 14.1 Å². The van der Waals surface area contributed by atoms with Crippen LogP contribution in [0.3, 0.4) is 0 Å². The Labute approximate surface area is 138 Å². The summed E-state index contributed by atoms with van der Waals surface area (Å²) in [6.45, 7) is 2.03. The lowest BCUT2D eigenvalue weighted by molar-refractivity contribution is -0.463. The lowest BCUT2D eigenvalue weighted by Gasteiger charge is -2.05. The van der Waals surface area contributed by atoms with Crippen molar-refractivity contribution in [1.82, 2.24) is 10.2 Å². The Morgan fingerprint density at radius 3 is 2.46 bits per heavy atom. The summed E-state index contributed by atoms with van der Waals surface area (Å²) in [4.78, 5) is 10.3. The highest BCUT2D eigenvalue weighted by atomic mass is 16.6. The molecule has 3 aromatic rings. The van der Waals surface area contributed by atoms with E-state index in [1.807, 2.05) is 49.9 Å². The predicted octanol–water partition coefficient (Wildman–Crippen LogP) is 3.00. The molecular formula is C17H17N4O3+. The quantitative estimate of drug-likeness (QED) is 0.346. The summed E-state index contributed by atoms with van der Waals surface area (Å²) < 4.78 is 7.30. The monoisotopic (exact) mass is 325 g/mol. The number of benzene rings is 1. The van der Waals surface area contributed by atoms with E-state index in [4.69, 9.17) is 4.42 Å². The minimum Gasteiger partial charge on any atom is -0.399 e. The average Bonchev–Trinajstić information content (AvgIpc) is 3.18. The molecule has 0 aliphatic carbocycles. The van der Waals surface area contributed by atoms with Gasteiger partial charge in [-0.2, -0.15) is 5.10 Å². The van der Waals surface area contributed by atoms with E-state index in [1.165, 1.54) is 11.6 Å². The molecule has 0 aliphatic rings. The van der Waals surface area contributed by atoms with Crippen LogP contribution in [0.5, 0.6) is 0 Å². The van der Waals surface area contributed by atoms with Crippen LogP contribution in [0.2, 0.25) is 0 Å². The van der Waals surface area contributed by atoms with Crippen LogP contribution in [0, 0.1) is 17.0 Å². The van der Waals surface area contributed by atoms with E-state index in [1.54, 1.807) is 12.3 Å². The maximum Gasteiger partial charge on any atom is 0.433 e. The van der Waals surface area contributed by atoms with Crippen LogP contribution in [0.4, 0.5) is 5.88 Å². The van der Waals surface area contributed by atoms with Crippen molar-refractivity contribution in [2.24, 2.45) is 0 Å². The fraction of sp³-hybridized carbons (Fsp3) is 0.176. The standard InChI is InChI=1S/C17H16N4O3/c1-11-4-6-12(7-5-11)17(20(2)3)13-10-18-19-16(13)14-8-9-15(24-14)21(22)23/h4-10H,1-3H3/p+1. The number of hydrogen-bond acceptors (Lipinski definition) is 4. The third-order valence-electron chi connectivity index (χ3n) is 3.68. The smallest absolute Gasteiger partial charge is 0.399 e. The largest absolute Gasteiger partial charge is 0.433 e. The molecule has 0 unspecified atom stereocenters. The normalized spacial score (nSPS) is 10.6. The van der Waals surface area contributed by atoms with Gasteiger partial charge in [0.15, 0.2) is 5.76 Å². The average molecular weight is 325 g/mol. The van der Waals surface area contributed by atoms with E-state index in [-0.39, 0.29) is 5.88 Å². The predicted molar refractivity (Wildman–Crippen MR) is 89.4 cm³/mol. The number of nitrogens with zero attached hydrogens (tertiary/aromatic N) is 3. The van der Waals surface area contributed by atoms with Gasteiger partial charge in [0, 0.05) is 5.56 Å². The molecule has 0 atom stereocenters. The topological polar surface area (TPSA) is 88.0 Å². The number of aromatic amines is 1. The van der Waals surface area contributed by atoms with Crippen molar-refractivity contribution in [3.05, 3.63) is 69.4 Å². The molecule has 0 saturated heterocycles. The number of rotatable bonds is 4. The van der Waals surface area contributed by atoms with Crippen LogP contribution in [0.15, 0.2) is 47.0 Å². The number of aryl methyl sites for hydroxylation is 1. The van der Waals surface area contributed by atoms with E-state index in [9.17, 15) is 10.1 Å². The Kier molecular flexibility index (Phi) is 3.99. The second-order valence-electron chi connectivity index (χ2n) is 5.66. The number of nitrogens with one attached hydrogen (secondary N) is 1. The number of H-pyrrole nitrogens is 1. The Morgan fingerprint density at radius 1 is 1.17 bits per heavy atom. The van der Waals surface area contributed by atoms with E-state index < -0.39 is 4.92 Å². The number of hydrogen-bond donors (Lipinski definition) is 1. The zero-order valence-corrected chi connectivity index (χ0v) is 13.6. The van der Waals surface area contributed by atoms with Crippen LogP contribution < -0.4 is 0 Å². The first-order valence-corrected chi connectivity index (χ1v) is 7.37. The molecule has 0 bridgehead atoms. The number of nitro groups is 1. The molecular weight excluding hydrogens is 308 g/mol. The van der Waals surface area contributed by atoms with Crippen molar-refractivity contribution in [3.8, 4) is 11.5 Å². The zero-order valence-electron chi connectivity index (χ0n) is 13.6. The summed E-state index contributed by atoms with van der Waals surface area (Å²) in [7, 11) is 3.88. The number of furan rings is 1. The van der Waals surface area contributed by atoms with Crippen LogP contribution in [0.1, 0.15) is 16.7 Å². The van der Waals surface area contributed by atoms with Crippen LogP contribution >= 0.6 is 0 Å². The van der Waals surface area contributed by atoms with Gasteiger partial charge in [-0.25, -0.2) is 4.58 Å². The van der Waals surface area contributed by atoms with Crippen LogP contribution in [-0.2, 0) is 0 Å². The second-order valence-corrected chi connectivity index (χ2v) is 5.66. The summed E-state index contributed by atoms with van der Waals surface area (Å²) in [5.41, 5.74) is 4.55. The van der Waals surface area contributed by atoms with E-state index >= 15 is 0 Å². The fourth-order valence-corrected chi connectivity index (χ4v) is 2.58. The van der Waals surface area contributed by atoms with Gasteiger partial charge in [0.2, 0.25) is 5.71 Å². The van der Waals surface area contributed by atoms with Gasteiger partial charge in [-0.05, 0) is 25.1 Å². The highest BCUT2D eigenvalue weighted by molar-refractivity contribution is 6.12. The van der Waals surface area contributed by atoms with E-state index in [0.717, 1.165) is 16.8 Å². The summed E-state index contributed by atoms with van der Waals surface area (Å²) in [5.74, 6) is 0.0768. The van der Waals surface area contributed by atoms with Crippen molar-refractivity contribution in [3.63, 3.8) is 0 Å². The molecule has 2 aromatic heterocycles. The van der Waals surface area contributed by atoms with Gasteiger partial charge in [-0.15, -0.1) is 0 Å². The molecule has 0 amide bonds. The first-order chi connectivity index (χ1) is 11.5. The molecule has 122 valence electrons. The highest BCUT2D eigenvalue weighted by Crippen LogP contribution is 2.28. The van der Waals surface area contributed by atoms with Gasteiger partial charge >= 0.3 is 5.88 Å². The molecule has 1 aromatic carbocycles. The van der Waals surface area contributed by atoms with Gasteiger partial charge < -0.3 is 4.42 Å². The summed E-state index contributed by atoms with van der Waals surface area (Å²) in [6.07, 6.45) is 1.69. The lowest BCUT2D eigenvalue weighted by Crippen LogP contribution is -2.16. The molecule has 24 heavy (non-hydrogen) atoms. The second kappa shape index (κ2) is 6.11. The van der Waals surface area contributed by atoms with Gasteiger partial charge in [0.25, 0.3) is 0 Å². The summed E-state index contributed by atoms with van der Waals surface area (Å²) in [5, 5.41) is 17.8. The molecule has 7 heteroatoms. The molecule has 0 fully saturated rings. The zero-order chi connectivity index (χ0) is 17.3. The third-order valence-corrected chi connectivity index (χ3v) is 3.68. The minimum absolute atomic E-state index is 0.299. The molecule has 0 radical (unpaired) electrons. The van der Waals surface area contributed by atoms with Crippen LogP contribution in [-0.4, -0.2) is 39.5 Å². The minimum atomic E-state index is -0.559. The molecule has 7 nitrogen and oxygen atoms in total. The Balaban J connectivity index is 2.11. The van der Waals surface area contributed by atoms with E-state index in [0.29, 0.717) is 11.5 Å². The Bertz CT molecular complexity index is 915. The third kappa shape index (κ3) is 2.83. The first-order valence-electron chi connectivity index (χ1n) is 7.37. The van der Waals surface area contributed by atoms with Crippen LogP contribution in [0.25, 0.3) is 11.5 Å². The van der Waals surface area contributed by atoms with Crippen molar-refractivity contribution < 1.29 is 13.9 Å². The fourth-order valence-electron chi connectivity index (χ4n) is 2.58. The maximum atomic E-state index is 10.8. The molecule has 0 saturated carbocycles. The SMILES string of the molecule is Cc1ccc(C(c2cn[nH]c2-c2ccc([N+](=O)[O-])o2)=[N+](C)C)cc1. The highest BCUT2D eigenvalue weighted by Gasteiger charge is 2.24. The first kappa shape index (κ1) is 15.7. The Hall–Kier alpha value is -3.22. The van der Waals surface area contributed by atoms with Crippen molar-refractivity contribution in [1.29, 1.82) is 0 Å². The lowest BCUT2D eigenvalue weighted by atomic mass is 10.0. The van der Waals surface area contributed by atoms with Gasteiger partial charge in [0.1, 0.15) is 24.7 Å². The van der Waals surface area contributed by atoms with E-state index in [2.05, 4.69) is 10.2 Å². The van der Waals surface area contributed by atoms with Gasteiger partial charge in [-0.3, -0.25) is 15.2 Å². The maximum absolute atomic E-state index is 10.8. The van der Waals surface area contributed by atoms with Gasteiger partial charge in [0.05, 0.1) is 17.8 Å². The molecule has 0 spiro atoms. The molecule has 2 heterocycles. The summed E-state index contributed by atoms with van der Waals surface area (Å²) in [6, 6.07) is 11.0. The molecule has 1 N–H and O–H groups in total.